The van der Waals surface area contributed by atoms with Crippen LogP contribution in [0.5, 0.6) is 5.75 Å². The maximum Gasteiger partial charge on any atom is 0.254 e. The summed E-state index contributed by atoms with van der Waals surface area (Å²) in [5, 5.41) is 6.80. The molecular formula is C22H22N4O4. The van der Waals surface area contributed by atoms with E-state index in [0.717, 1.165) is 18.4 Å². The van der Waals surface area contributed by atoms with Crippen molar-refractivity contribution in [2.24, 2.45) is 0 Å². The Kier molecular flexibility index (Phi) is 5.47. The maximum absolute atomic E-state index is 13.1. The van der Waals surface area contributed by atoms with Gasteiger partial charge in [-0.3, -0.25) is 9.59 Å². The second kappa shape index (κ2) is 8.36. The van der Waals surface area contributed by atoms with Crippen molar-refractivity contribution in [3.63, 3.8) is 0 Å². The Balaban J connectivity index is 1.55. The molecule has 2 amide bonds. The lowest BCUT2D eigenvalue weighted by Crippen LogP contribution is -2.30. The minimum Gasteiger partial charge on any atom is -0.496 e. The summed E-state index contributed by atoms with van der Waals surface area (Å²) in [6.07, 6.45) is 1.61. The molecule has 1 aromatic heterocycles. The number of ether oxygens (including phenoxy) is 1. The number of rotatable bonds is 5. The van der Waals surface area contributed by atoms with Gasteiger partial charge in [-0.25, -0.2) is 0 Å². The molecule has 0 spiro atoms. The smallest absolute Gasteiger partial charge is 0.254 e. The van der Waals surface area contributed by atoms with Gasteiger partial charge in [0.1, 0.15) is 11.8 Å². The van der Waals surface area contributed by atoms with Crippen molar-refractivity contribution in [1.29, 1.82) is 0 Å². The molecule has 8 nitrogen and oxygen atoms in total. The number of anilines is 1. The van der Waals surface area contributed by atoms with Gasteiger partial charge < -0.3 is 19.5 Å². The van der Waals surface area contributed by atoms with Crippen LogP contribution in [0.4, 0.5) is 5.69 Å². The number of methoxy groups -OCH3 is 1. The van der Waals surface area contributed by atoms with E-state index in [9.17, 15) is 9.59 Å². The summed E-state index contributed by atoms with van der Waals surface area (Å²) in [7, 11) is 1.59. The average molecular weight is 406 g/mol. The molecule has 1 saturated heterocycles. The lowest BCUT2D eigenvalue weighted by molar-refractivity contribution is -0.114. The normalized spacial score (nSPS) is 15.8. The van der Waals surface area contributed by atoms with Gasteiger partial charge in [-0.2, -0.15) is 4.98 Å². The second-order valence-corrected chi connectivity index (χ2v) is 7.07. The van der Waals surface area contributed by atoms with Crippen LogP contribution in [0.15, 0.2) is 53.1 Å². The fourth-order valence-electron chi connectivity index (χ4n) is 3.64. The Bertz CT molecular complexity index is 1060. The van der Waals surface area contributed by atoms with Crippen LogP contribution in [0.2, 0.25) is 0 Å². The third kappa shape index (κ3) is 3.89. The molecule has 0 aliphatic carbocycles. The maximum atomic E-state index is 13.1. The number of nitrogens with zero attached hydrogens (tertiary/aromatic N) is 3. The molecule has 1 aliphatic rings. The summed E-state index contributed by atoms with van der Waals surface area (Å²) < 4.78 is 10.9. The molecular weight excluding hydrogens is 384 g/mol. The Morgan fingerprint density at radius 1 is 1.17 bits per heavy atom. The van der Waals surface area contributed by atoms with E-state index in [2.05, 4.69) is 15.5 Å². The number of amides is 2. The monoisotopic (exact) mass is 406 g/mol. The van der Waals surface area contributed by atoms with Gasteiger partial charge in [-0.1, -0.05) is 17.3 Å². The van der Waals surface area contributed by atoms with Crippen LogP contribution in [0, 0.1) is 0 Å². The number of hydrogen-bond donors (Lipinski definition) is 1. The molecule has 1 N–H and O–H groups in total. The van der Waals surface area contributed by atoms with E-state index in [1.54, 1.807) is 36.3 Å². The van der Waals surface area contributed by atoms with Gasteiger partial charge in [-0.05, 0) is 49.2 Å². The first-order valence-electron chi connectivity index (χ1n) is 9.72. The molecule has 30 heavy (non-hydrogen) atoms. The van der Waals surface area contributed by atoms with Crippen LogP contribution in [0.25, 0.3) is 11.4 Å². The lowest BCUT2D eigenvalue weighted by Gasteiger charge is -2.22. The summed E-state index contributed by atoms with van der Waals surface area (Å²) in [6, 6.07) is 14.0. The number of hydrogen-bond acceptors (Lipinski definition) is 6. The summed E-state index contributed by atoms with van der Waals surface area (Å²) in [4.78, 5) is 30.5. The van der Waals surface area contributed by atoms with Gasteiger partial charge in [-0.15, -0.1) is 0 Å². The van der Waals surface area contributed by atoms with E-state index < -0.39 is 0 Å². The number of para-hydroxylation sites is 1. The Hall–Kier alpha value is -3.68. The Morgan fingerprint density at radius 3 is 2.67 bits per heavy atom. The van der Waals surface area contributed by atoms with Gasteiger partial charge in [0.25, 0.3) is 5.91 Å². The van der Waals surface area contributed by atoms with Gasteiger partial charge in [0.15, 0.2) is 0 Å². The first kappa shape index (κ1) is 19.6. The molecule has 4 rings (SSSR count). The fourth-order valence-corrected chi connectivity index (χ4v) is 3.64. The van der Waals surface area contributed by atoms with Crippen molar-refractivity contribution in [2.45, 2.75) is 25.8 Å². The van der Waals surface area contributed by atoms with E-state index in [4.69, 9.17) is 9.26 Å². The standard InChI is InChI=1S/C22H22N4O4/c1-14(27)23-16-11-9-15(10-12-16)22(28)26-13-5-7-18(26)21-24-20(25-30-21)17-6-3-4-8-19(17)29-2/h3-4,6,8-12,18H,5,7,13H2,1-2H3,(H,23,27). The molecule has 0 saturated carbocycles. The highest BCUT2D eigenvalue weighted by Crippen LogP contribution is 2.34. The van der Waals surface area contributed by atoms with Crippen molar-refractivity contribution < 1.29 is 18.8 Å². The highest BCUT2D eigenvalue weighted by molar-refractivity contribution is 5.95. The fraction of sp³-hybridized carbons (Fsp3) is 0.273. The Morgan fingerprint density at radius 2 is 1.93 bits per heavy atom. The molecule has 1 fully saturated rings. The molecule has 1 aliphatic heterocycles. The van der Waals surface area contributed by atoms with E-state index in [1.165, 1.54) is 6.92 Å². The van der Waals surface area contributed by atoms with Gasteiger partial charge in [0.05, 0.1) is 12.7 Å². The quantitative estimate of drug-likeness (QED) is 0.694. The molecule has 8 heteroatoms. The van der Waals surface area contributed by atoms with Crippen molar-refractivity contribution in [2.75, 3.05) is 19.0 Å². The number of aromatic nitrogens is 2. The van der Waals surface area contributed by atoms with Crippen LogP contribution < -0.4 is 10.1 Å². The van der Waals surface area contributed by atoms with Crippen LogP contribution >= 0.6 is 0 Å². The second-order valence-electron chi connectivity index (χ2n) is 7.07. The van der Waals surface area contributed by atoms with Crippen molar-refractivity contribution in [3.8, 4) is 17.1 Å². The first-order valence-corrected chi connectivity index (χ1v) is 9.72. The van der Waals surface area contributed by atoms with Gasteiger partial charge >= 0.3 is 0 Å². The third-order valence-corrected chi connectivity index (χ3v) is 5.04. The molecule has 0 bridgehead atoms. The predicted molar refractivity (Wildman–Crippen MR) is 110 cm³/mol. The van der Waals surface area contributed by atoms with Crippen molar-refractivity contribution in [3.05, 3.63) is 60.0 Å². The molecule has 154 valence electrons. The largest absolute Gasteiger partial charge is 0.496 e. The van der Waals surface area contributed by atoms with Crippen LogP contribution in [-0.2, 0) is 4.79 Å². The molecule has 0 radical (unpaired) electrons. The topological polar surface area (TPSA) is 97.6 Å². The molecule has 1 atom stereocenters. The summed E-state index contributed by atoms with van der Waals surface area (Å²) in [6.45, 7) is 2.06. The molecule has 3 aromatic rings. The zero-order valence-corrected chi connectivity index (χ0v) is 16.8. The van der Waals surface area contributed by atoms with E-state index in [-0.39, 0.29) is 17.9 Å². The predicted octanol–water partition coefficient (Wildman–Crippen LogP) is 3.68. The van der Waals surface area contributed by atoms with E-state index >= 15 is 0 Å². The number of likely N-dealkylation sites (tertiary alicyclic amines) is 1. The molecule has 2 aromatic carbocycles. The number of nitrogens with one attached hydrogen (secondary N) is 1. The van der Waals surface area contributed by atoms with Crippen LogP contribution in [-0.4, -0.2) is 40.5 Å². The number of benzene rings is 2. The molecule has 2 heterocycles. The van der Waals surface area contributed by atoms with Gasteiger partial charge in [0, 0.05) is 24.7 Å². The SMILES string of the molecule is COc1ccccc1-c1noc(C2CCCN2C(=O)c2ccc(NC(C)=O)cc2)n1. The zero-order valence-electron chi connectivity index (χ0n) is 16.8. The molecule has 1 unspecified atom stereocenters. The number of carbonyl (C=O) groups is 2. The average Bonchev–Trinajstić information content (AvgIpc) is 3.43. The Labute approximate surface area is 173 Å². The van der Waals surface area contributed by atoms with Crippen molar-refractivity contribution in [1.82, 2.24) is 15.0 Å². The highest BCUT2D eigenvalue weighted by atomic mass is 16.5. The lowest BCUT2D eigenvalue weighted by atomic mass is 10.1. The summed E-state index contributed by atoms with van der Waals surface area (Å²) >= 11 is 0. The van der Waals surface area contributed by atoms with Crippen LogP contribution in [0.3, 0.4) is 0 Å². The van der Waals surface area contributed by atoms with Crippen LogP contribution in [0.1, 0.15) is 42.1 Å². The summed E-state index contributed by atoms with van der Waals surface area (Å²) in [5.74, 6) is 1.24. The number of carbonyl (C=O) groups excluding carboxylic acids is 2. The summed E-state index contributed by atoms with van der Waals surface area (Å²) in [5.41, 5.74) is 1.93. The van der Waals surface area contributed by atoms with E-state index in [0.29, 0.717) is 35.3 Å². The van der Waals surface area contributed by atoms with Gasteiger partial charge in [0.2, 0.25) is 17.6 Å². The zero-order chi connectivity index (χ0) is 21.1. The first-order chi connectivity index (χ1) is 14.6. The minimum absolute atomic E-state index is 0.107. The highest BCUT2D eigenvalue weighted by Gasteiger charge is 2.34. The van der Waals surface area contributed by atoms with Crippen molar-refractivity contribution >= 4 is 17.5 Å². The minimum atomic E-state index is -0.275. The third-order valence-electron chi connectivity index (χ3n) is 5.04. The van der Waals surface area contributed by atoms with E-state index in [1.807, 2.05) is 24.3 Å².